The lowest BCUT2D eigenvalue weighted by Crippen LogP contribution is -2.26. The highest BCUT2D eigenvalue weighted by Crippen LogP contribution is 2.33. The predicted molar refractivity (Wildman–Crippen MR) is 83.8 cm³/mol. The van der Waals surface area contributed by atoms with Gasteiger partial charge in [0.2, 0.25) is 5.91 Å². The maximum absolute atomic E-state index is 12.2. The van der Waals surface area contributed by atoms with E-state index in [1.54, 1.807) is 24.1 Å². The summed E-state index contributed by atoms with van der Waals surface area (Å²) in [6, 6.07) is 11.0. The molecule has 0 fully saturated rings. The van der Waals surface area contributed by atoms with Crippen LogP contribution in [0.25, 0.3) is 0 Å². The van der Waals surface area contributed by atoms with Crippen LogP contribution in [-0.4, -0.2) is 13.0 Å². The number of hydrogen-bond acceptors (Lipinski definition) is 3. The van der Waals surface area contributed by atoms with Gasteiger partial charge in [0.25, 0.3) is 0 Å². The lowest BCUT2D eigenvalue weighted by molar-refractivity contribution is -0.117. The number of benzene rings is 2. The van der Waals surface area contributed by atoms with Gasteiger partial charge in [-0.2, -0.15) is 0 Å². The summed E-state index contributed by atoms with van der Waals surface area (Å²) in [6.07, 6.45) is 0.409. The van der Waals surface area contributed by atoms with Gasteiger partial charge in [-0.05, 0) is 35.4 Å². The van der Waals surface area contributed by atoms with Gasteiger partial charge >= 0.3 is 0 Å². The lowest BCUT2D eigenvalue weighted by Gasteiger charge is -2.18. The fourth-order valence-corrected chi connectivity index (χ4v) is 2.75. The zero-order valence-corrected chi connectivity index (χ0v) is 12.4. The number of amides is 1. The number of anilines is 2. The molecule has 0 spiro atoms. The molecular formula is C16H15ClN2O2. The zero-order valence-electron chi connectivity index (χ0n) is 11.6. The molecule has 0 unspecified atom stereocenters. The molecule has 0 aromatic heterocycles. The number of nitrogens with zero attached hydrogens (tertiary/aromatic N) is 1. The Bertz CT molecular complexity index is 715. The maximum Gasteiger partial charge on any atom is 0.231 e. The molecule has 0 atom stereocenters. The molecule has 1 heterocycles. The molecule has 1 aliphatic heterocycles. The molecule has 2 N–H and O–H groups in total. The molecule has 108 valence electrons. The van der Waals surface area contributed by atoms with Crippen molar-refractivity contribution < 1.29 is 9.53 Å². The van der Waals surface area contributed by atoms with Gasteiger partial charge in [0.15, 0.2) is 0 Å². The minimum absolute atomic E-state index is 0.0636. The molecule has 2 aromatic rings. The summed E-state index contributed by atoms with van der Waals surface area (Å²) >= 11 is 6.03. The van der Waals surface area contributed by atoms with Gasteiger partial charge in [-0.25, -0.2) is 0 Å². The molecule has 2 aromatic carbocycles. The first kappa shape index (κ1) is 13.8. The van der Waals surface area contributed by atoms with E-state index in [0.717, 1.165) is 16.8 Å². The van der Waals surface area contributed by atoms with Crippen molar-refractivity contribution in [2.24, 2.45) is 0 Å². The Morgan fingerprint density at radius 1 is 1.29 bits per heavy atom. The molecule has 4 nitrogen and oxygen atoms in total. The van der Waals surface area contributed by atoms with Crippen LogP contribution in [0.4, 0.5) is 11.4 Å². The van der Waals surface area contributed by atoms with E-state index in [9.17, 15) is 4.79 Å². The molecular weight excluding hydrogens is 288 g/mol. The Morgan fingerprint density at radius 2 is 2.10 bits per heavy atom. The van der Waals surface area contributed by atoms with E-state index < -0.39 is 0 Å². The van der Waals surface area contributed by atoms with E-state index in [1.807, 2.05) is 24.3 Å². The van der Waals surface area contributed by atoms with Gasteiger partial charge in [-0.15, -0.1) is 0 Å². The van der Waals surface area contributed by atoms with Crippen molar-refractivity contribution in [3.63, 3.8) is 0 Å². The Hall–Kier alpha value is -2.20. The number of rotatable bonds is 3. The second-order valence-electron chi connectivity index (χ2n) is 5.04. The molecule has 21 heavy (non-hydrogen) atoms. The fraction of sp³-hybridized carbons (Fsp3) is 0.188. The minimum atomic E-state index is 0.0636. The maximum atomic E-state index is 12.2. The Labute approximate surface area is 128 Å². The summed E-state index contributed by atoms with van der Waals surface area (Å²) in [6.45, 7) is 0.452. The minimum Gasteiger partial charge on any atom is -0.497 e. The number of nitrogens with two attached hydrogens (primary N) is 1. The van der Waals surface area contributed by atoms with Gasteiger partial charge in [0.05, 0.1) is 20.1 Å². The van der Waals surface area contributed by atoms with Crippen molar-refractivity contribution in [3.8, 4) is 5.75 Å². The van der Waals surface area contributed by atoms with Crippen molar-refractivity contribution in [2.45, 2.75) is 13.0 Å². The van der Waals surface area contributed by atoms with Crippen LogP contribution in [0.3, 0.4) is 0 Å². The smallest absolute Gasteiger partial charge is 0.231 e. The van der Waals surface area contributed by atoms with Crippen molar-refractivity contribution in [1.29, 1.82) is 0 Å². The quantitative estimate of drug-likeness (QED) is 0.887. The van der Waals surface area contributed by atoms with E-state index in [0.29, 0.717) is 29.4 Å². The third-order valence-corrected chi connectivity index (χ3v) is 3.78. The Morgan fingerprint density at radius 3 is 2.86 bits per heavy atom. The molecule has 1 amide bonds. The van der Waals surface area contributed by atoms with E-state index in [1.165, 1.54) is 0 Å². The molecule has 0 radical (unpaired) electrons. The topological polar surface area (TPSA) is 55.6 Å². The summed E-state index contributed by atoms with van der Waals surface area (Å²) in [5.41, 5.74) is 9.27. The van der Waals surface area contributed by atoms with Gasteiger partial charge in [-0.3, -0.25) is 4.79 Å². The van der Waals surface area contributed by atoms with Crippen LogP contribution in [0.2, 0.25) is 5.02 Å². The normalized spacial score (nSPS) is 13.4. The molecule has 5 heteroatoms. The van der Waals surface area contributed by atoms with Crippen molar-refractivity contribution in [3.05, 3.63) is 52.5 Å². The Kier molecular flexibility index (Phi) is 3.47. The largest absolute Gasteiger partial charge is 0.497 e. The van der Waals surface area contributed by atoms with Crippen LogP contribution in [0.5, 0.6) is 5.75 Å². The number of methoxy groups -OCH3 is 1. The van der Waals surface area contributed by atoms with E-state index >= 15 is 0 Å². The number of hydrogen-bond donors (Lipinski definition) is 1. The Balaban J connectivity index is 1.94. The number of carbonyl (C=O) groups is 1. The third kappa shape index (κ3) is 2.67. The summed E-state index contributed by atoms with van der Waals surface area (Å²) in [5, 5.41) is 0.624. The summed E-state index contributed by atoms with van der Waals surface area (Å²) in [7, 11) is 1.59. The van der Waals surface area contributed by atoms with E-state index in [2.05, 4.69) is 0 Å². The predicted octanol–water partition coefficient (Wildman–Crippen LogP) is 3.02. The summed E-state index contributed by atoms with van der Waals surface area (Å²) in [4.78, 5) is 13.9. The molecule has 1 aliphatic rings. The molecule has 0 saturated carbocycles. The summed E-state index contributed by atoms with van der Waals surface area (Å²) in [5.74, 6) is 0.747. The van der Waals surface area contributed by atoms with Crippen LogP contribution < -0.4 is 15.4 Å². The van der Waals surface area contributed by atoms with Crippen molar-refractivity contribution >= 4 is 28.9 Å². The van der Waals surface area contributed by atoms with Gasteiger partial charge < -0.3 is 15.4 Å². The van der Waals surface area contributed by atoms with Crippen LogP contribution in [0.1, 0.15) is 11.1 Å². The number of fused-ring (bicyclic) bond motifs is 1. The average molecular weight is 303 g/mol. The van der Waals surface area contributed by atoms with Crippen molar-refractivity contribution in [2.75, 3.05) is 17.7 Å². The lowest BCUT2D eigenvalue weighted by atomic mass is 10.1. The average Bonchev–Trinajstić information content (AvgIpc) is 2.74. The zero-order chi connectivity index (χ0) is 15.0. The van der Waals surface area contributed by atoms with Gasteiger partial charge in [0, 0.05) is 22.5 Å². The molecule has 0 bridgehead atoms. The highest BCUT2D eigenvalue weighted by atomic mass is 35.5. The highest BCUT2D eigenvalue weighted by molar-refractivity contribution is 6.31. The number of nitrogen functional groups attached to an aromatic ring is 1. The standard InChI is InChI=1S/C16H15ClN2O2/c1-21-14-5-10(4-13(18)8-14)9-19-15-7-12(17)3-2-11(15)6-16(19)20/h2-5,7-8H,6,9,18H2,1H3. The monoisotopic (exact) mass is 302 g/mol. The first-order chi connectivity index (χ1) is 10.1. The van der Waals surface area contributed by atoms with Crippen LogP contribution >= 0.6 is 11.6 Å². The van der Waals surface area contributed by atoms with Crippen molar-refractivity contribution in [1.82, 2.24) is 0 Å². The number of ether oxygens (including phenoxy) is 1. The SMILES string of the molecule is COc1cc(N)cc(CN2C(=O)Cc3ccc(Cl)cc32)c1. The molecule has 0 saturated heterocycles. The van der Waals surface area contributed by atoms with Crippen LogP contribution in [0.15, 0.2) is 36.4 Å². The van der Waals surface area contributed by atoms with E-state index in [-0.39, 0.29) is 5.91 Å². The second kappa shape index (κ2) is 5.30. The second-order valence-corrected chi connectivity index (χ2v) is 5.48. The van der Waals surface area contributed by atoms with Crippen LogP contribution in [-0.2, 0) is 17.8 Å². The first-order valence-electron chi connectivity index (χ1n) is 6.59. The summed E-state index contributed by atoms with van der Waals surface area (Å²) < 4.78 is 5.21. The van der Waals surface area contributed by atoms with E-state index in [4.69, 9.17) is 22.1 Å². The van der Waals surface area contributed by atoms with Gasteiger partial charge in [0.1, 0.15) is 5.75 Å². The first-order valence-corrected chi connectivity index (χ1v) is 6.97. The third-order valence-electron chi connectivity index (χ3n) is 3.55. The van der Waals surface area contributed by atoms with Gasteiger partial charge in [-0.1, -0.05) is 17.7 Å². The number of halogens is 1. The molecule has 3 rings (SSSR count). The highest BCUT2D eigenvalue weighted by Gasteiger charge is 2.27. The fourth-order valence-electron chi connectivity index (χ4n) is 2.58. The van der Waals surface area contributed by atoms with Crippen LogP contribution in [0, 0.1) is 0 Å². The number of carbonyl (C=O) groups excluding carboxylic acids is 1. The molecule has 0 aliphatic carbocycles.